The van der Waals surface area contributed by atoms with Gasteiger partial charge in [0.25, 0.3) is 7.82 Å². The van der Waals surface area contributed by atoms with E-state index < -0.39 is 20.0 Å². The number of carbonyl (C=O) groups is 1. The van der Waals surface area contributed by atoms with Crippen LogP contribution in [0.2, 0.25) is 0 Å². The smallest absolute Gasteiger partial charge is 0.268 e. The van der Waals surface area contributed by atoms with Crippen molar-refractivity contribution < 1.29 is 32.9 Å². The van der Waals surface area contributed by atoms with Gasteiger partial charge in [-0.3, -0.25) is 9.36 Å². The summed E-state index contributed by atoms with van der Waals surface area (Å²) >= 11 is 0. The van der Waals surface area contributed by atoms with Crippen molar-refractivity contribution in [1.82, 2.24) is 5.32 Å². The molecule has 0 saturated carbocycles. The van der Waals surface area contributed by atoms with Crippen molar-refractivity contribution in [3.63, 3.8) is 0 Å². The lowest BCUT2D eigenvalue weighted by Crippen LogP contribution is -2.46. The second-order valence-corrected chi connectivity index (χ2v) is 15.0. The number of aliphatic hydroxyl groups is 1. The maximum Gasteiger partial charge on any atom is 0.268 e. The average Bonchev–Trinajstić information content (AvgIpc) is 2.94. The largest absolute Gasteiger partial charge is 0.756 e. The Balaban J connectivity index is 4.47. The molecule has 0 heterocycles. The van der Waals surface area contributed by atoms with Crippen LogP contribution in [0.15, 0.2) is 0 Å². The van der Waals surface area contributed by atoms with Gasteiger partial charge >= 0.3 is 0 Å². The zero-order valence-corrected chi connectivity index (χ0v) is 29.8. The van der Waals surface area contributed by atoms with Crippen molar-refractivity contribution in [2.45, 2.75) is 174 Å². The SMILES string of the molecule is CCCCCCCCCCCCCCC[C@@H](O)[C@H](COP(=O)([O-])OCC[N+](C)(C)C)NC(=O)CCCCCCCCCC. The van der Waals surface area contributed by atoms with Gasteiger partial charge in [-0.25, -0.2) is 0 Å². The molecule has 0 fully saturated rings. The topological polar surface area (TPSA) is 108 Å². The van der Waals surface area contributed by atoms with E-state index in [0.29, 0.717) is 23.9 Å². The van der Waals surface area contributed by atoms with E-state index in [-0.39, 0.29) is 19.1 Å². The molecule has 0 aromatic carbocycles. The lowest BCUT2D eigenvalue weighted by atomic mass is 10.0. The summed E-state index contributed by atoms with van der Waals surface area (Å²) < 4.78 is 23.1. The molecule has 1 unspecified atom stereocenters. The fourth-order valence-corrected chi connectivity index (χ4v) is 5.88. The van der Waals surface area contributed by atoms with Crippen LogP contribution in [0.3, 0.4) is 0 Å². The zero-order chi connectivity index (χ0) is 32.2. The maximum absolute atomic E-state index is 12.7. The first-order valence-corrected chi connectivity index (χ1v) is 19.3. The van der Waals surface area contributed by atoms with Crippen molar-refractivity contribution in [1.29, 1.82) is 0 Å². The van der Waals surface area contributed by atoms with Crippen LogP contribution >= 0.6 is 7.82 Å². The number of hydrogen-bond acceptors (Lipinski definition) is 6. The number of rotatable bonds is 32. The van der Waals surface area contributed by atoms with E-state index in [4.69, 9.17) is 9.05 Å². The number of quaternary nitrogens is 1. The minimum absolute atomic E-state index is 0.0151. The number of carbonyl (C=O) groups excluding carboxylic acids is 1. The molecule has 0 aromatic heterocycles. The molecular formula is C34H71N2O6P. The number of hydrogen-bond donors (Lipinski definition) is 2. The number of nitrogens with one attached hydrogen (secondary N) is 1. The fraction of sp³-hybridized carbons (Fsp3) is 0.971. The van der Waals surface area contributed by atoms with Gasteiger partial charge in [0.2, 0.25) is 5.91 Å². The summed E-state index contributed by atoms with van der Waals surface area (Å²) in [7, 11) is 1.31. The molecule has 3 atom stereocenters. The molecule has 0 spiro atoms. The second-order valence-electron chi connectivity index (χ2n) is 13.6. The molecular weight excluding hydrogens is 563 g/mol. The molecule has 2 N–H and O–H groups in total. The molecule has 0 aliphatic carbocycles. The minimum atomic E-state index is -4.54. The number of aliphatic hydroxyl groups excluding tert-OH is 1. The molecule has 0 aromatic rings. The molecule has 0 saturated heterocycles. The Hall–Kier alpha value is -0.500. The van der Waals surface area contributed by atoms with Crippen LogP contribution < -0.4 is 10.2 Å². The first-order chi connectivity index (χ1) is 20.5. The van der Waals surface area contributed by atoms with Gasteiger partial charge in [-0.1, -0.05) is 142 Å². The Bertz CT molecular complexity index is 688. The van der Waals surface area contributed by atoms with Gasteiger partial charge in [-0.2, -0.15) is 0 Å². The van der Waals surface area contributed by atoms with Gasteiger partial charge in [-0.05, 0) is 12.8 Å². The van der Waals surface area contributed by atoms with Crippen LogP contribution in [0.25, 0.3) is 0 Å². The normalized spacial score (nSPS) is 14.9. The van der Waals surface area contributed by atoms with Gasteiger partial charge in [-0.15, -0.1) is 0 Å². The van der Waals surface area contributed by atoms with Crippen LogP contribution in [0, 0.1) is 0 Å². The Morgan fingerprint density at radius 3 is 1.58 bits per heavy atom. The Morgan fingerprint density at radius 1 is 0.721 bits per heavy atom. The fourth-order valence-electron chi connectivity index (χ4n) is 5.16. The monoisotopic (exact) mass is 635 g/mol. The predicted molar refractivity (Wildman–Crippen MR) is 178 cm³/mol. The predicted octanol–water partition coefficient (Wildman–Crippen LogP) is 8.05. The second kappa shape index (κ2) is 27.8. The highest BCUT2D eigenvalue weighted by molar-refractivity contribution is 7.45. The third-order valence-electron chi connectivity index (χ3n) is 8.10. The van der Waals surface area contributed by atoms with Crippen LogP contribution in [-0.2, 0) is 18.4 Å². The lowest BCUT2D eigenvalue weighted by Gasteiger charge is -2.30. The summed E-state index contributed by atoms with van der Waals surface area (Å²) in [6.45, 7) is 4.66. The molecule has 0 aliphatic heterocycles. The summed E-state index contributed by atoms with van der Waals surface area (Å²) in [5, 5.41) is 13.7. The highest BCUT2D eigenvalue weighted by Gasteiger charge is 2.24. The van der Waals surface area contributed by atoms with E-state index in [1.54, 1.807) is 0 Å². The van der Waals surface area contributed by atoms with E-state index >= 15 is 0 Å². The molecule has 9 heteroatoms. The van der Waals surface area contributed by atoms with Crippen molar-refractivity contribution in [3.05, 3.63) is 0 Å². The first-order valence-electron chi connectivity index (χ1n) is 17.9. The van der Waals surface area contributed by atoms with Crippen molar-refractivity contribution in [2.24, 2.45) is 0 Å². The molecule has 0 aliphatic rings. The summed E-state index contributed by atoms with van der Waals surface area (Å²) in [5.41, 5.74) is 0. The molecule has 0 rings (SSSR count). The van der Waals surface area contributed by atoms with Gasteiger partial charge in [0.05, 0.1) is 39.9 Å². The Labute approximate surface area is 266 Å². The van der Waals surface area contributed by atoms with E-state index in [0.717, 1.165) is 38.5 Å². The number of unbranched alkanes of at least 4 members (excludes halogenated alkanes) is 19. The lowest BCUT2D eigenvalue weighted by molar-refractivity contribution is -0.870. The average molecular weight is 635 g/mol. The highest BCUT2D eigenvalue weighted by Crippen LogP contribution is 2.38. The molecule has 1 amide bonds. The first kappa shape index (κ1) is 42.5. The Kier molecular flexibility index (Phi) is 27.5. The summed E-state index contributed by atoms with van der Waals surface area (Å²) in [6.07, 6.45) is 25.3. The van der Waals surface area contributed by atoms with Crippen molar-refractivity contribution in [3.8, 4) is 0 Å². The van der Waals surface area contributed by atoms with Crippen molar-refractivity contribution >= 4 is 13.7 Å². The van der Waals surface area contributed by atoms with E-state index in [1.807, 2.05) is 21.1 Å². The van der Waals surface area contributed by atoms with Gasteiger partial charge in [0.1, 0.15) is 13.2 Å². The molecule has 43 heavy (non-hydrogen) atoms. The standard InChI is InChI=1S/C34H71N2O6P/c1-6-8-10-12-14-16-17-18-19-20-21-23-25-27-33(37)32(31-42-43(39,40)41-30-29-36(3,4)5)35-34(38)28-26-24-22-15-13-11-9-7-2/h32-33,37H,6-31H2,1-5H3,(H-,35,38,39,40)/t32-,33+/m0/s1. The van der Waals surface area contributed by atoms with Gasteiger partial charge in [0, 0.05) is 6.42 Å². The summed E-state index contributed by atoms with van der Waals surface area (Å²) in [5.74, 6) is -0.171. The number of nitrogens with zero attached hydrogens (tertiary/aromatic N) is 1. The minimum Gasteiger partial charge on any atom is -0.756 e. The Morgan fingerprint density at radius 2 is 1.14 bits per heavy atom. The third kappa shape index (κ3) is 29.9. The number of phosphoric acid groups is 1. The quantitative estimate of drug-likeness (QED) is 0.0440. The third-order valence-corrected chi connectivity index (χ3v) is 9.06. The van der Waals surface area contributed by atoms with E-state index in [1.165, 1.54) is 96.3 Å². The van der Waals surface area contributed by atoms with Crippen LogP contribution in [-0.4, -0.2) is 68.5 Å². The molecule has 258 valence electrons. The van der Waals surface area contributed by atoms with Crippen LogP contribution in [0.4, 0.5) is 0 Å². The zero-order valence-electron chi connectivity index (χ0n) is 28.9. The van der Waals surface area contributed by atoms with Crippen LogP contribution in [0.5, 0.6) is 0 Å². The number of likely N-dealkylation sites (N-methyl/N-ethyl adjacent to an activating group) is 1. The van der Waals surface area contributed by atoms with Crippen molar-refractivity contribution in [2.75, 3.05) is 40.9 Å². The number of amides is 1. The highest BCUT2D eigenvalue weighted by atomic mass is 31.2. The van der Waals surface area contributed by atoms with E-state index in [2.05, 4.69) is 19.2 Å². The van der Waals surface area contributed by atoms with E-state index in [9.17, 15) is 19.4 Å². The molecule has 0 radical (unpaired) electrons. The molecule has 8 nitrogen and oxygen atoms in total. The van der Waals surface area contributed by atoms with Gasteiger partial charge < -0.3 is 28.8 Å². The van der Waals surface area contributed by atoms with Gasteiger partial charge in [0.15, 0.2) is 0 Å². The molecule has 0 bridgehead atoms. The summed E-state index contributed by atoms with van der Waals surface area (Å²) in [6, 6.07) is -0.789. The number of phosphoric ester groups is 1. The summed E-state index contributed by atoms with van der Waals surface area (Å²) in [4.78, 5) is 25.0. The maximum atomic E-state index is 12.7. The van der Waals surface area contributed by atoms with Crippen LogP contribution in [0.1, 0.15) is 162 Å².